The Morgan fingerprint density at radius 3 is 2.95 bits per heavy atom. The summed E-state index contributed by atoms with van der Waals surface area (Å²) in [5.74, 6) is 0. The van der Waals surface area contributed by atoms with Crippen molar-refractivity contribution in [2.45, 2.75) is 31.8 Å². The highest BCUT2D eigenvalue weighted by atomic mass is 79.9. The van der Waals surface area contributed by atoms with Crippen LogP contribution in [0, 0.1) is 0 Å². The zero-order chi connectivity index (χ0) is 14.1. The molecule has 3 rings (SSSR count). The van der Waals surface area contributed by atoms with E-state index in [-0.39, 0.29) is 12.2 Å². The van der Waals surface area contributed by atoms with Crippen LogP contribution in [0.4, 0.5) is 10.5 Å². The zero-order valence-corrected chi connectivity index (χ0v) is 12.8. The molecule has 1 saturated carbocycles. The van der Waals surface area contributed by atoms with Gasteiger partial charge in [-0.25, -0.2) is 4.79 Å². The van der Waals surface area contributed by atoms with Gasteiger partial charge in [0.15, 0.2) is 0 Å². The van der Waals surface area contributed by atoms with Crippen LogP contribution in [0.5, 0.6) is 0 Å². The standard InChI is InChI=1S/C14H16BrN3O2/c1-18-12-7-6-9(8-11(12)13(15)17-18)16-14(19)20-10-4-2-3-5-10/h6-8,10H,2-5H2,1H3,(H,16,19). The number of carbonyl (C=O) groups excluding carboxylic acids is 1. The van der Waals surface area contributed by atoms with E-state index in [0.29, 0.717) is 5.69 Å². The summed E-state index contributed by atoms with van der Waals surface area (Å²) >= 11 is 3.41. The van der Waals surface area contributed by atoms with Gasteiger partial charge < -0.3 is 4.74 Å². The van der Waals surface area contributed by atoms with Gasteiger partial charge in [0.1, 0.15) is 10.7 Å². The third kappa shape index (κ3) is 2.65. The van der Waals surface area contributed by atoms with Crippen LogP contribution in [0.15, 0.2) is 22.8 Å². The van der Waals surface area contributed by atoms with Gasteiger partial charge in [-0.3, -0.25) is 10.00 Å². The van der Waals surface area contributed by atoms with Crippen LogP contribution in [-0.4, -0.2) is 22.0 Å². The number of aryl methyl sites for hydroxylation is 1. The molecule has 1 fully saturated rings. The Morgan fingerprint density at radius 1 is 1.45 bits per heavy atom. The van der Waals surface area contributed by atoms with Gasteiger partial charge in [-0.1, -0.05) is 0 Å². The van der Waals surface area contributed by atoms with E-state index < -0.39 is 0 Å². The number of fused-ring (bicyclic) bond motifs is 1. The number of aromatic nitrogens is 2. The Bertz CT molecular complexity index is 647. The van der Waals surface area contributed by atoms with Gasteiger partial charge in [0.2, 0.25) is 0 Å². The lowest BCUT2D eigenvalue weighted by Crippen LogP contribution is -2.20. The summed E-state index contributed by atoms with van der Waals surface area (Å²) in [5, 5.41) is 8.03. The van der Waals surface area contributed by atoms with Crippen molar-refractivity contribution in [2.24, 2.45) is 7.05 Å². The normalized spacial score (nSPS) is 15.7. The maximum atomic E-state index is 11.8. The Morgan fingerprint density at radius 2 is 2.20 bits per heavy atom. The van der Waals surface area contributed by atoms with Gasteiger partial charge >= 0.3 is 6.09 Å². The third-order valence-electron chi connectivity index (χ3n) is 3.63. The number of amides is 1. The third-order valence-corrected chi connectivity index (χ3v) is 4.21. The fourth-order valence-corrected chi connectivity index (χ4v) is 3.16. The molecule has 6 heteroatoms. The number of nitrogens with one attached hydrogen (secondary N) is 1. The fraction of sp³-hybridized carbons (Fsp3) is 0.429. The number of benzene rings is 1. The molecule has 2 aromatic rings. The average molecular weight is 338 g/mol. The Hall–Kier alpha value is -1.56. The summed E-state index contributed by atoms with van der Waals surface area (Å²) < 4.78 is 7.94. The van der Waals surface area contributed by atoms with Crippen LogP contribution < -0.4 is 5.32 Å². The summed E-state index contributed by atoms with van der Waals surface area (Å²) in [5.41, 5.74) is 1.72. The smallest absolute Gasteiger partial charge is 0.411 e. The van der Waals surface area contributed by atoms with Crippen molar-refractivity contribution >= 4 is 38.6 Å². The number of nitrogens with zero attached hydrogens (tertiary/aromatic N) is 2. The second-order valence-corrected chi connectivity index (χ2v) is 5.83. The molecule has 1 amide bonds. The van der Waals surface area contributed by atoms with Crippen molar-refractivity contribution in [1.29, 1.82) is 0 Å². The van der Waals surface area contributed by atoms with Gasteiger partial charge in [0, 0.05) is 18.1 Å². The highest BCUT2D eigenvalue weighted by molar-refractivity contribution is 9.10. The minimum absolute atomic E-state index is 0.0730. The molecule has 0 atom stereocenters. The molecule has 0 saturated heterocycles. The minimum atomic E-state index is -0.378. The van der Waals surface area contributed by atoms with Crippen molar-refractivity contribution in [1.82, 2.24) is 9.78 Å². The average Bonchev–Trinajstić information content (AvgIpc) is 2.99. The van der Waals surface area contributed by atoms with E-state index in [0.717, 1.165) is 41.2 Å². The van der Waals surface area contributed by atoms with Crippen LogP contribution in [0.2, 0.25) is 0 Å². The molecule has 1 aromatic heterocycles. The number of carbonyl (C=O) groups is 1. The van der Waals surface area contributed by atoms with Gasteiger partial charge in [0.25, 0.3) is 0 Å². The lowest BCUT2D eigenvalue weighted by atomic mass is 10.2. The summed E-state index contributed by atoms with van der Waals surface area (Å²) in [7, 11) is 1.88. The van der Waals surface area contributed by atoms with Crippen molar-refractivity contribution < 1.29 is 9.53 Å². The predicted octanol–water partition coefficient (Wildman–Crippen LogP) is 3.83. The van der Waals surface area contributed by atoms with Gasteiger partial charge in [0.05, 0.1) is 5.52 Å². The SMILES string of the molecule is Cn1nc(Br)c2cc(NC(=O)OC3CCCC3)ccc21. The summed E-state index contributed by atoms with van der Waals surface area (Å²) in [6, 6.07) is 5.67. The van der Waals surface area contributed by atoms with E-state index >= 15 is 0 Å². The fourth-order valence-electron chi connectivity index (χ4n) is 2.61. The van der Waals surface area contributed by atoms with Gasteiger partial charge in [-0.2, -0.15) is 5.10 Å². The van der Waals surface area contributed by atoms with E-state index in [1.54, 1.807) is 4.68 Å². The first-order valence-corrected chi connectivity index (χ1v) is 7.52. The lowest BCUT2D eigenvalue weighted by molar-refractivity contribution is 0.114. The van der Waals surface area contributed by atoms with Crippen LogP contribution >= 0.6 is 15.9 Å². The highest BCUT2D eigenvalue weighted by Crippen LogP contribution is 2.26. The van der Waals surface area contributed by atoms with Crippen molar-refractivity contribution in [2.75, 3.05) is 5.32 Å². The number of rotatable bonds is 2. The van der Waals surface area contributed by atoms with Gasteiger partial charge in [-0.05, 0) is 59.8 Å². The summed E-state index contributed by atoms with van der Waals surface area (Å²) in [6.07, 6.45) is 3.93. The molecule has 106 valence electrons. The number of halogens is 1. The van der Waals surface area contributed by atoms with Crippen LogP contribution in [0.1, 0.15) is 25.7 Å². The molecule has 1 aliphatic rings. The molecule has 0 radical (unpaired) electrons. The number of ether oxygens (including phenoxy) is 1. The van der Waals surface area contributed by atoms with Crippen LogP contribution in [0.3, 0.4) is 0 Å². The maximum absolute atomic E-state index is 11.8. The largest absolute Gasteiger partial charge is 0.446 e. The maximum Gasteiger partial charge on any atom is 0.411 e. The lowest BCUT2D eigenvalue weighted by Gasteiger charge is -2.12. The minimum Gasteiger partial charge on any atom is -0.446 e. The zero-order valence-electron chi connectivity index (χ0n) is 11.2. The molecular formula is C14H16BrN3O2. The number of hydrogen-bond acceptors (Lipinski definition) is 3. The molecular weight excluding hydrogens is 322 g/mol. The quantitative estimate of drug-likeness (QED) is 0.905. The molecule has 0 bridgehead atoms. The number of anilines is 1. The second-order valence-electron chi connectivity index (χ2n) is 5.08. The van der Waals surface area contributed by atoms with Crippen molar-refractivity contribution in [3.05, 3.63) is 22.8 Å². The molecule has 0 aliphatic heterocycles. The second kappa shape index (κ2) is 5.44. The molecule has 0 unspecified atom stereocenters. The van der Waals surface area contributed by atoms with Crippen LogP contribution in [-0.2, 0) is 11.8 Å². The van der Waals surface area contributed by atoms with Crippen molar-refractivity contribution in [3.63, 3.8) is 0 Å². The number of hydrogen-bond donors (Lipinski definition) is 1. The van der Waals surface area contributed by atoms with E-state index in [2.05, 4.69) is 26.3 Å². The van der Waals surface area contributed by atoms with Crippen LogP contribution in [0.25, 0.3) is 10.9 Å². The molecule has 1 aliphatic carbocycles. The first-order valence-electron chi connectivity index (χ1n) is 6.73. The molecule has 1 N–H and O–H groups in total. The Balaban J connectivity index is 1.73. The molecule has 1 aromatic carbocycles. The first-order chi connectivity index (χ1) is 9.63. The Labute approximate surface area is 125 Å². The van der Waals surface area contributed by atoms with Gasteiger partial charge in [-0.15, -0.1) is 0 Å². The summed E-state index contributed by atoms with van der Waals surface area (Å²) in [4.78, 5) is 11.8. The molecule has 20 heavy (non-hydrogen) atoms. The Kier molecular flexibility index (Phi) is 3.65. The topological polar surface area (TPSA) is 56.2 Å². The van der Waals surface area contributed by atoms with E-state index in [4.69, 9.17) is 4.74 Å². The predicted molar refractivity (Wildman–Crippen MR) is 80.8 cm³/mol. The van der Waals surface area contributed by atoms with Crippen molar-refractivity contribution in [3.8, 4) is 0 Å². The van der Waals surface area contributed by atoms with E-state index in [1.807, 2.05) is 25.2 Å². The summed E-state index contributed by atoms with van der Waals surface area (Å²) in [6.45, 7) is 0. The van der Waals surface area contributed by atoms with E-state index in [1.165, 1.54) is 0 Å². The monoisotopic (exact) mass is 337 g/mol. The molecule has 5 nitrogen and oxygen atoms in total. The molecule has 0 spiro atoms. The first kappa shape index (κ1) is 13.4. The van der Waals surface area contributed by atoms with E-state index in [9.17, 15) is 4.79 Å². The molecule has 1 heterocycles. The highest BCUT2D eigenvalue weighted by Gasteiger charge is 2.19.